The van der Waals surface area contributed by atoms with Gasteiger partial charge in [0.25, 0.3) is 0 Å². The van der Waals surface area contributed by atoms with Crippen molar-refractivity contribution in [2.75, 3.05) is 7.05 Å². The van der Waals surface area contributed by atoms with Gasteiger partial charge in [-0.3, -0.25) is 4.79 Å². The molecule has 0 aliphatic heterocycles. The van der Waals surface area contributed by atoms with Gasteiger partial charge in [-0.1, -0.05) is 18.2 Å². The van der Waals surface area contributed by atoms with Crippen molar-refractivity contribution in [2.24, 2.45) is 5.92 Å². The van der Waals surface area contributed by atoms with Crippen LogP contribution in [-0.4, -0.2) is 35.1 Å². The molecule has 0 fully saturated rings. The Hall–Kier alpha value is -2.11. The number of nitrogens with zero attached hydrogens (tertiary/aromatic N) is 1. The van der Waals surface area contributed by atoms with Crippen LogP contribution in [0, 0.1) is 11.7 Å². The van der Waals surface area contributed by atoms with Crippen molar-refractivity contribution >= 4 is 12.0 Å². The van der Waals surface area contributed by atoms with Gasteiger partial charge in [0.15, 0.2) is 0 Å². The van der Waals surface area contributed by atoms with E-state index in [-0.39, 0.29) is 5.82 Å². The van der Waals surface area contributed by atoms with Crippen LogP contribution in [0.5, 0.6) is 0 Å². The molecule has 1 aromatic carbocycles. The highest BCUT2D eigenvalue weighted by Gasteiger charge is 2.25. The van der Waals surface area contributed by atoms with Crippen LogP contribution in [0.4, 0.5) is 9.18 Å². The molecular formula is C15H21FN2O3. The molecule has 0 aliphatic rings. The van der Waals surface area contributed by atoms with Gasteiger partial charge in [-0.2, -0.15) is 0 Å². The molecule has 0 saturated heterocycles. The number of halogens is 1. The summed E-state index contributed by atoms with van der Waals surface area (Å²) in [7, 11) is 1.55. The van der Waals surface area contributed by atoms with Gasteiger partial charge in [0.1, 0.15) is 5.82 Å². The largest absolute Gasteiger partial charge is 0.481 e. The van der Waals surface area contributed by atoms with E-state index in [1.54, 1.807) is 39.1 Å². The molecule has 3 atom stereocenters. The quantitative estimate of drug-likeness (QED) is 0.877. The van der Waals surface area contributed by atoms with Crippen molar-refractivity contribution in [3.63, 3.8) is 0 Å². The first-order chi connectivity index (χ1) is 9.75. The van der Waals surface area contributed by atoms with Crippen LogP contribution >= 0.6 is 0 Å². The maximum absolute atomic E-state index is 13.7. The monoisotopic (exact) mass is 296 g/mol. The fourth-order valence-electron chi connectivity index (χ4n) is 1.83. The Kier molecular flexibility index (Phi) is 5.69. The number of hydrogen-bond acceptors (Lipinski definition) is 2. The summed E-state index contributed by atoms with van der Waals surface area (Å²) >= 11 is 0. The molecule has 1 rings (SSSR count). The average Bonchev–Trinajstić information content (AvgIpc) is 2.45. The smallest absolute Gasteiger partial charge is 0.317 e. The number of carboxylic acid groups (broad SMARTS) is 1. The number of carboxylic acids is 1. The summed E-state index contributed by atoms with van der Waals surface area (Å²) in [6, 6.07) is 4.83. The van der Waals surface area contributed by atoms with E-state index in [1.165, 1.54) is 17.9 Å². The van der Waals surface area contributed by atoms with Crippen LogP contribution in [0.25, 0.3) is 0 Å². The number of hydrogen-bond donors (Lipinski definition) is 2. The van der Waals surface area contributed by atoms with Crippen molar-refractivity contribution < 1.29 is 19.1 Å². The van der Waals surface area contributed by atoms with E-state index in [2.05, 4.69) is 5.32 Å². The van der Waals surface area contributed by atoms with Gasteiger partial charge in [0.05, 0.1) is 12.0 Å². The first-order valence-electron chi connectivity index (χ1n) is 6.76. The van der Waals surface area contributed by atoms with E-state index in [0.29, 0.717) is 5.56 Å². The molecule has 0 aliphatic carbocycles. The maximum atomic E-state index is 13.7. The number of aliphatic carboxylic acids is 1. The highest BCUT2D eigenvalue weighted by molar-refractivity contribution is 5.76. The molecule has 1 aromatic rings. The van der Waals surface area contributed by atoms with Gasteiger partial charge in [0, 0.05) is 18.7 Å². The Labute approximate surface area is 123 Å². The summed E-state index contributed by atoms with van der Waals surface area (Å²) in [5, 5.41) is 11.5. The lowest BCUT2D eigenvalue weighted by Gasteiger charge is -2.28. The Morgan fingerprint density at radius 1 is 1.24 bits per heavy atom. The average molecular weight is 296 g/mol. The van der Waals surface area contributed by atoms with Gasteiger partial charge in [-0.25, -0.2) is 9.18 Å². The Morgan fingerprint density at radius 2 is 1.81 bits per heavy atom. The van der Waals surface area contributed by atoms with Crippen molar-refractivity contribution in [3.8, 4) is 0 Å². The lowest BCUT2D eigenvalue weighted by Crippen LogP contribution is -2.46. The molecule has 2 amide bonds. The first kappa shape index (κ1) is 16.9. The minimum Gasteiger partial charge on any atom is -0.481 e. The third kappa shape index (κ3) is 4.18. The number of urea groups is 1. The van der Waals surface area contributed by atoms with E-state index in [0.717, 1.165) is 0 Å². The predicted octanol–water partition coefficient (Wildman–Crippen LogP) is 2.64. The standard InChI is InChI=1S/C15H21FN2O3/c1-9(14(19)20)10(2)17-15(21)18(4)11(3)12-7-5-6-8-13(12)16/h5-11H,1-4H3,(H,17,21)(H,19,20). The zero-order chi connectivity index (χ0) is 16.2. The van der Waals surface area contributed by atoms with Crippen molar-refractivity contribution in [1.82, 2.24) is 10.2 Å². The van der Waals surface area contributed by atoms with Gasteiger partial charge in [0.2, 0.25) is 0 Å². The fourth-order valence-corrected chi connectivity index (χ4v) is 1.83. The highest BCUT2D eigenvalue weighted by atomic mass is 19.1. The lowest BCUT2D eigenvalue weighted by atomic mass is 10.0. The minimum atomic E-state index is -0.979. The zero-order valence-corrected chi connectivity index (χ0v) is 12.6. The Balaban J connectivity index is 2.74. The van der Waals surface area contributed by atoms with E-state index in [1.807, 2.05) is 0 Å². The van der Waals surface area contributed by atoms with Crippen LogP contribution in [0.15, 0.2) is 24.3 Å². The third-order valence-electron chi connectivity index (χ3n) is 3.75. The van der Waals surface area contributed by atoms with Gasteiger partial charge < -0.3 is 15.3 Å². The highest BCUT2D eigenvalue weighted by Crippen LogP contribution is 2.21. The van der Waals surface area contributed by atoms with Crippen molar-refractivity contribution in [1.29, 1.82) is 0 Å². The summed E-state index contributed by atoms with van der Waals surface area (Å²) < 4.78 is 13.7. The normalized spacial score (nSPS) is 14.9. The molecule has 0 spiro atoms. The van der Waals surface area contributed by atoms with E-state index >= 15 is 0 Å². The molecule has 116 valence electrons. The van der Waals surface area contributed by atoms with Gasteiger partial charge in [-0.15, -0.1) is 0 Å². The predicted molar refractivity (Wildman–Crippen MR) is 77.4 cm³/mol. The molecule has 0 radical (unpaired) electrons. The second kappa shape index (κ2) is 7.06. The van der Waals surface area contributed by atoms with E-state index in [9.17, 15) is 14.0 Å². The van der Waals surface area contributed by atoms with Crippen molar-refractivity contribution in [2.45, 2.75) is 32.9 Å². The number of carbonyl (C=O) groups is 2. The fraction of sp³-hybridized carbons (Fsp3) is 0.467. The summed E-state index contributed by atoms with van der Waals surface area (Å²) in [5.41, 5.74) is 0.411. The number of amides is 2. The third-order valence-corrected chi connectivity index (χ3v) is 3.75. The van der Waals surface area contributed by atoms with E-state index in [4.69, 9.17) is 5.11 Å². The summed E-state index contributed by atoms with van der Waals surface area (Å²) in [6.07, 6.45) is 0. The number of rotatable bonds is 5. The van der Waals surface area contributed by atoms with Crippen LogP contribution in [0.2, 0.25) is 0 Å². The second-order valence-corrected chi connectivity index (χ2v) is 5.17. The second-order valence-electron chi connectivity index (χ2n) is 5.17. The molecule has 5 nitrogen and oxygen atoms in total. The summed E-state index contributed by atoms with van der Waals surface area (Å²) in [6.45, 7) is 4.86. The van der Waals surface area contributed by atoms with E-state index < -0.39 is 30.0 Å². The molecular weight excluding hydrogens is 275 g/mol. The summed E-state index contributed by atoms with van der Waals surface area (Å²) in [5.74, 6) is -2.06. The summed E-state index contributed by atoms with van der Waals surface area (Å²) in [4.78, 5) is 24.3. The van der Waals surface area contributed by atoms with Crippen LogP contribution in [0.1, 0.15) is 32.4 Å². The molecule has 3 unspecified atom stereocenters. The number of carbonyl (C=O) groups excluding carboxylic acids is 1. The number of nitrogens with one attached hydrogen (secondary N) is 1. The molecule has 0 heterocycles. The van der Waals surface area contributed by atoms with Crippen LogP contribution in [-0.2, 0) is 4.79 Å². The molecule has 21 heavy (non-hydrogen) atoms. The Bertz CT molecular complexity index is 521. The van der Waals surface area contributed by atoms with Crippen molar-refractivity contribution in [3.05, 3.63) is 35.6 Å². The van der Waals surface area contributed by atoms with Crippen LogP contribution < -0.4 is 5.32 Å². The Morgan fingerprint density at radius 3 is 2.33 bits per heavy atom. The molecule has 6 heteroatoms. The molecule has 0 bridgehead atoms. The zero-order valence-electron chi connectivity index (χ0n) is 12.6. The first-order valence-corrected chi connectivity index (χ1v) is 6.76. The molecule has 2 N–H and O–H groups in total. The topological polar surface area (TPSA) is 69.6 Å². The molecule has 0 aromatic heterocycles. The number of benzene rings is 1. The minimum absolute atomic E-state index is 0.378. The SMILES string of the molecule is CC(NC(=O)N(C)C(C)c1ccccc1F)C(C)C(=O)O. The molecule has 0 saturated carbocycles. The lowest BCUT2D eigenvalue weighted by molar-refractivity contribution is -0.141. The van der Waals surface area contributed by atoms with Crippen LogP contribution in [0.3, 0.4) is 0 Å². The van der Waals surface area contributed by atoms with Gasteiger partial charge >= 0.3 is 12.0 Å². The van der Waals surface area contributed by atoms with Gasteiger partial charge in [-0.05, 0) is 26.8 Å². The maximum Gasteiger partial charge on any atom is 0.317 e.